The molecule has 4 nitrogen and oxygen atoms in total. The van der Waals surface area contributed by atoms with Gasteiger partial charge < -0.3 is 0 Å². The molecule has 4 heteroatoms. The predicted octanol–water partition coefficient (Wildman–Crippen LogP) is 2.03. The summed E-state index contributed by atoms with van der Waals surface area (Å²) in [5.41, 5.74) is 1.76. The van der Waals surface area contributed by atoms with Crippen LogP contribution < -0.4 is 0 Å². The third kappa shape index (κ3) is 2.41. The van der Waals surface area contributed by atoms with Gasteiger partial charge in [0.1, 0.15) is 12.2 Å². The highest BCUT2D eigenvalue weighted by Crippen LogP contribution is 2.10. The molecule has 0 amide bonds. The van der Waals surface area contributed by atoms with Crippen molar-refractivity contribution in [1.82, 2.24) is 14.8 Å². The lowest BCUT2D eigenvalue weighted by Gasteiger charge is -2.05. The summed E-state index contributed by atoms with van der Waals surface area (Å²) in [6.07, 6.45) is 1.79. The van der Waals surface area contributed by atoms with Gasteiger partial charge in [0.2, 0.25) is 0 Å². The van der Waals surface area contributed by atoms with Crippen LogP contribution in [-0.2, 0) is 13.0 Å². The van der Waals surface area contributed by atoms with Crippen LogP contribution in [0.4, 0.5) is 0 Å². The zero-order chi connectivity index (χ0) is 12.3. The van der Waals surface area contributed by atoms with Crippen molar-refractivity contribution in [3.05, 3.63) is 47.5 Å². The summed E-state index contributed by atoms with van der Waals surface area (Å²) in [7, 11) is 0. The Morgan fingerprint density at radius 2 is 2.12 bits per heavy atom. The third-order valence-electron chi connectivity index (χ3n) is 2.76. The fourth-order valence-electron chi connectivity index (χ4n) is 1.81. The minimum atomic E-state index is 0.0887. The summed E-state index contributed by atoms with van der Waals surface area (Å²) in [6.45, 7) is 4.66. The largest absolute Gasteiger partial charge is 0.294 e. The molecular weight excluding hydrogens is 214 g/mol. The number of carbonyl (C=O) groups excluding carboxylic acids is 1. The van der Waals surface area contributed by atoms with Gasteiger partial charge in [0.15, 0.2) is 5.78 Å². The van der Waals surface area contributed by atoms with Crippen molar-refractivity contribution in [2.75, 3.05) is 0 Å². The Hall–Kier alpha value is -1.97. The number of hydrogen-bond donors (Lipinski definition) is 0. The van der Waals surface area contributed by atoms with E-state index in [2.05, 4.69) is 10.1 Å². The molecule has 0 aliphatic rings. The van der Waals surface area contributed by atoms with Crippen molar-refractivity contribution in [1.29, 1.82) is 0 Å². The second-order valence-corrected chi connectivity index (χ2v) is 3.91. The van der Waals surface area contributed by atoms with Crippen LogP contribution in [-0.4, -0.2) is 20.5 Å². The van der Waals surface area contributed by atoms with E-state index >= 15 is 0 Å². The Bertz CT molecular complexity index is 531. The summed E-state index contributed by atoms with van der Waals surface area (Å²) in [5.74, 6) is 0.812. The van der Waals surface area contributed by atoms with E-state index in [4.69, 9.17) is 0 Å². The van der Waals surface area contributed by atoms with Crippen LogP contribution in [0.2, 0.25) is 0 Å². The first-order valence-electron chi connectivity index (χ1n) is 5.68. The van der Waals surface area contributed by atoms with Crippen molar-refractivity contribution in [2.45, 2.75) is 26.8 Å². The number of nitrogens with zero attached hydrogens (tertiary/aromatic N) is 3. The molecule has 0 unspecified atom stereocenters. The van der Waals surface area contributed by atoms with Crippen LogP contribution in [0, 0.1) is 6.92 Å². The van der Waals surface area contributed by atoms with Gasteiger partial charge in [0.25, 0.3) is 0 Å². The van der Waals surface area contributed by atoms with E-state index < -0.39 is 0 Å². The second kappa shape index (κ2) is 4.91. The van der Waals surface area contributed by atoms with Gasteiger partial charge in [-0.2, -0.15) is 5.10 Å². The average Bonchev–Trinajstić information content (AvgIpc) is 2.76. The van der Waals surface area contributed by atoms with E-state index in [1.54, 1.807) is 4.68 Å². The molecule has 0 atom stereocenters. The number of Topliss-reactive ketones (excluding diaryl/α,β-unsaturated/α-hetero) is 1. The lowest BCUT2D eigenvalue weighted by molar-refractivity contribution is 0.0989. The molecule has 1 aromatic heterocycles. The Morgan fingerprint density at radius 3 is 2.82 bits per heavy atom. The van der Waals surface area contributed by atoms with E-state index in [1.165, 1.54) is 6.33 Å². The van der Waals surface area contributed by atoms with Gasteiger partial charge in [-0.15, -0.1) is 0 Å². The van der Waals surface area contributed by atoms with Crippen molar-refractivity contribution >= 4 is 5.78 Å². The monoisotopic (exact) mass is 229 g/mol. The van der Waals surface area contributed by atoms with Crippen LogP contribution in [0.5, 0.6) is 0 Å². The predicted molar refractivity (Wildman–Crippen MR) is 64.9 cm³/mol. The molecular formula is C13H15N3O. The van der Waals surface area contributed by atoms with E-state index in [9.17, 15) is 4.79 Å². The molecule has 2 aromatic rings. The lowest BCUT2D eigenvalue weighted by atomic mass is 10.0. The van der Waals surface area contributed by atoms with Crippen molar-refractivity contribution in [3.63, 3.8) is 0 Å². The number of rotatable bonds is 4. The molecule has 0 aliphatic heterocycles. The SMILES string of the molecule is CCn1ncnc1CC(=O)c1ccccc1C. The van der Waals surface area contributed by atoms with Gasteiger partial charge in [0.05, 0.1) is 6.42 Å². The molecule has 0 aliphatic carbocycles. The van der Waals surface area contributed by atoms with Crippen LogP contribution in [0.25, 0.3) is 0 Å². The zero-order valence-electron chi connectivity index (χ0n) is 10.1. The number of carbonyl (C=O) groups is 1. The zero-order valence-corrected chi connectivity index (χ0v) is 10.1. The minimum absolute atomic E-state index is 0.0887. The van der Waals surface area contributed by atoms with Gasteiger partial charge in [-0.05, 0) is 19.4 Å². The first-order chi connectivity index (χ1) is 8.22. The van der Waals surface area contributed by atoms with E-state index in [0.29, 0.717) is 6.42 Å². The fourth-order valence-corrected chi connectivity index (χ4v) is 1.81. The molecule has 2 rings (SSSR count). The number of hydrogen-bond acceptors (Lipinski definition) is 3. The Morgan fingerprint density at radius 1 is 1.35 bits per heavy atom. The van der Waals surface area contributed by atoms with Crippen molar-refractivity contribution in [3.8, 4) is 0 Å². The standard InChI is InChI=1S/C13H15N3O/c1-3-16-13(14-9-15-16)8-12(17)11-7-5-4-6-10(11)2/h4-7,9H,3,8H2,1-2H3. The minimum Gasteiger partial charge on any atom is -0.294 e. The summed E-state index contributed by atoms with van der Waals surface area (Å²) in [5, 5.41) is 4.06. The number of aromatic nitrogens is 3. The maximum absolute atomic E-state index is 12.1. The Balaban J connectivity index is 2.20. The maximum atomic E-state index is 12.1. The quantitative estimate of drug-likeness (QED) is 0.754. The normalized spacial score (nSPS) is 10.5. The van der Waals surface area contributed by atoms with Crippen LogP contribution in [0.1, 0.15) is 28.7 Å². The molecule has 0 fully saturated rings. The van der Waals surface area contributed by atoms with Gasteiger partial charge in [-0.25, -0.2) is 9.67 Å². The van der Waals surface area contributed by atoms with Gasteiger partial charge >= 0.3 is 0 Å². The average molecular weight is 229 g/mol. The molecule has 0 spiro atoms. The number of ketones is 1. The lowest BCUT2D eigenvalue weighted by Crippen LogP contribution is -2.11. The molecule has 0 bridgehead atoms. The molecule has 1 aromatic carbocycles. The fraction of sp³-hybridized carbons (Fsp3) is 0.308. The first-order valence-corrected chi connectivity index (χ1v) is 5.68. The molecule has 88 valence electrons. The van der Waals surface area contributed by atoms with Gasteiger partial charge in [0, 0.05) is 12.1 Å². The van der Waals surface area contributed by atoms with Gasteiger partial charge in [-0.1, -0.05) is 24.3 Å². The molecule has 0 saturated carbocycles. The highest BCUT2D eigenvalue weighted by Gasteiger charge is 2.12. The number of aryl methyl sites for hydroxylation is 2. The Kier molecular flexibility index (Phi) is 3.32. The smallest absolute Gasteiger partial charge is 0.170 e. The van der Waals surface area contributed by atoms with Crippen LogP contribution in [0.3, 0.4) is 0 Å². The van der Waals surface area contributed by atoms with Gasteiger partial charge in [-0.3, -0.25) is 4.79 Å². The van der Waals surface area contributed by atoms with E-state index in [0.717, 1.165) is 23.5 Å². The molecule has 0 saturated heterocycles. The third-order valence-corrected chi connectivity index (χ3v) is 2.76. The first kappa shape index (κ1) is 11.5. The topological polar surface area (TPSA) is 47.8 Å². The summed E-state index contributed by atoms with van der Waals surface area (Å²) >= 11 is 0. The van der Waals surface area contributed by atoms with Crippen molar-refractivity contribution < 1.29 is 4.79 Å². The molecule has 0 radical (unpaired) electrons. The summed E-state index contributed by atoms with van der Waals surface area (Å²) < 4.78 is 1.75. The van der Waals surface area contributed by atoms with Crippen LogP contribution >= 0.6 is 0 Å². The molecule has 0 N–H and O–H groups in total. The van der Waals surface area contributed by atoms with Crippen molar-refractivity contribution in [2.24, 2.45) is 0 Å². The highest BCUT2D eigenvalue weighted by atomic mass is 16.1. The number of benzene rings is 1. The highest BCUT2D eigenvalue weighted by molar-refractivity contribution is 5.98. The van der Waals surface area contributed by atoms with E-state index in [-0.39, 0.29) is 5.78 Å². The summed E-state index contributed by atoms with van der Waals surface area (Å²) in [6, 6.07) is 7.60. The maximum Gasteiger partial charge on any atom is 0.170 e. The van der Waals surface area contributed by atoms with E-state index in [1.807, 2.05) is 38.1 Å². The molecule has 17 heavy (non-hydrogen) atoms. The molecule has 1 heterocycles. The summed E-state index contributed by atoms with van der Waals surface area (Å²) in [4.78, 5) is 16.2. The Labute approximate surface area is 100 Å². The second-order valence-electron chi connectivity index (χ2n) is 3.91. The van der Waals surface area contributed by atoms with Crippen LogP contribution in [0.15, 0.2) is 30.6 Å².